The molecule has 0 aromatic carbocycles. The SMILES string of the molecule is O=C(O)CC(NC(=O)NCCN1CCOCC1)C(=O)O. The number of nitrogens with zero attached hydrogens (tertiary/aromatic N) is 1. The maximum absolute atomic E-state index is 11.5. The normalized spacial score (nSPS) is 17.2. The number of carboxylic acids is 2. The quantitative estimate of drug-likeness (QED) is 0.451. The first-order valence-corrected chi connectivity index (χ1v) is 6.28. The van der Waals surface area contributed by atoms with Crippen LogP contribution in [0.4, 0.5) is 4.79 Å². The van der Waals surface area contributed by atoms with Gasteiger partial charge in [0.05, 0.1) is 19.6 Å². The summed E-state index contributed by atoms with van der Waals surface area (Å²) in [6, 6.07) is -2.12. The number of carbonyl (C=O) groups excluding carboxylic acids is 1. The van der Waals surface area contributed by atoms with Crippen molar-refractivity contribution in [2.45, 2.75) is 12.5 Å². The summed E-state index contributed by atoms with van der Waals surface area (Å²) in [7, 11) is 0. The monoisotopic (exact) mass is 289 g/mol. The highest BCUT2D eigenvalue weighted by molar-refractivity contribution is 5.86. The first kappa shape index (κ1) is 16.2. The lowest BCUT2D eigenvalue weighted by atomic mass is 10.2. The zero-order valence-corrected chi connectivity index (χ0v) is 11.0. The Morgan fingerprint density at radius 2 is 1.85 bits per heavy atom. The Kier molecular flexibility index (Phi) is 6.74. The molecule has 1 fully saturated rings. The number of morpholine rings is 1. The summed E-state index contributed by atoms with van der Waals surface area (Å²) in [6.45, 7) is 3.89. The zero-order valence-electron chi connectivity index (χ0n) is 11.0. The van der Waals surface area contributed by atoms with Gasteiger partial charge in [0.25, 0.3) is 0 Å². The van der Waals surface area contributed by atoms with E-state index in [9.17, 15) is 14.4 Å². The van der Waals surface area contributed by atoms with Crippen LogP contribution in [0, 0.1) is 0 Å². The van der Waals surface area contributed by atoms with Gasteiger partial charge in [0.2, 0.25) is 0 Å². The molecule has 1 rings (SSSR count). The van der Waals surface area contributed by atoms with Crippen molar-refractivity contribution in [1.82, 2.24) is 15.5 Å². The summed E-state index contributed by atoms with van der Waals surface area (Å²) in [6.07, 6.45) is -0.660. The maximum atomic E-state index is 11.5. The second kappa shape index (κ2) is 8.33. The molecule has 9 nitrogen and oxygen atoms in total. The van der Waals surface area contributed by atoms with Crippen molar-refractivity contribution in [2.75, 3.05) is 39.4 Å². The van der Waals surface area contributed by atoms with Crippen LogP contribution in [0.25, 0.3) is 0 Å². The van der Waals surface area contributed by atoms with Crippen molar-refractivity contribution >= 4 is 18.0 Å². The summed E-state index contributed by atoms with van der Waals surface area (Å²) < 4.78 is 5.18. The number of hydrogen-bond acceptors (Lipinski definition) is 5. The number of hydrogen-bond donors (Lipinski definition) is 4. The third-order valence-corrected chi connectivity index (χ3v) is 2.80. The fourth-order valence-electron chi connectivity index (χ4n) is 1.74. The van der Waals surface area contributed by atoms with Crippen LogP contribution in [0.3, 0.4) is 0 Å². The molecule has 0 bridgehead atoms. The van der Waals surface area contributed by atoms with E-state index >= 15 is 0 Å². The molecule has 0 saturated carbocycles. The first-order valence-electron chi connectivity index (χ1n) is 6.28. The van der Waals surface area contributed by atoms with Crippen molar-refractivity contribution < 1.29 is 29.3 Å². The largest absolute Gasteiger partial charge is 0.481 e. The molecule has 114 valence electrons. The van der Waals surface area contributed by atoms with Gasteiger partial charge in [-0.3, -0.25) is 9.69 Å². The molecule has 1 atom stereocenters. The molecule has 1 aliphatic heterocycles. The Bertz CT molecular complexity index is 356. The van der Waals surface area contributed by atoms with E-state index in [0.717, 1.165) is 13.1 Å². The van der Waals surface area contributed by atoms with E-state index in [2.05, 4.69) is 15.5 Å². The summed E-state index contributed by atoms with van der Waals surface area (Å²) in [5, 5.41) is 21.9. The predicted molar refractivity (Wildman–Crippen MR) is 67.5 cm³/mol. The highest BCUT2D eigenvalue weighted by atomic mass is 16.5. The van der Waals surface area contributed by atoms with E-state index in [1.165, 1.54) is 0 Å². The fourth-order valence-corrected chi connectivity index (χ4v) is 1.74. The van der Waals surface area contributed by atoms with Gasteiger partial charge >= 0.3 is 18.0 Å². The Morgan fingerprint density at radius 3 is 2.40 bits per heavy atom. The average Bonchev–Trinajstić information content (AvgIpc) is 2.38. The van der Waals surface area contributed by atoms with Crippen molar-refractivity contribution in [2.24, 2.45) is 0 Å². The lowest BCUT2D eigenvalue weighted by molar-refractivity contribution is -0.145. The minimum absolute atomic E-state index is 0.352. The average molecular weight is 289 g/mol. The first-order chi connectivity index (χ1) is 9.49. The number of rotatable bonds is 7. The molecule has 2 amide bonds. The molecule has 4 N–H and O–H groups in total. The van der Waals surface area contributed by atoms with Crippen molar-refractivity contribution in [3.8, 4) is 0 Å². The van der Waals surface area contributed by atoms with E-state index in [1.807, 2.05) is 0 Å². The molecule has 1 saturated heterocycles. The minimum Gasteiger partial charge on any atom is -0.481 e. The Morgan fingerprint density at radius 1 is 1.20 bits per heavy atom. The van der Waals surface area contributed by atoms with Crippen LogP contribution >= 0.6 is 0 Å². The molecule has 9 heteroatoms. The van der Waals surface area contributed by atoms with Crippen LogP contribution in [0.2, 0.25) is 0 Å². The zero-order chi connectivity index (χ0) is 15.0. The Balaban J connectivity index is 2.23. The number of carboxylic acid groups (broad SMARTS) is 2. The molecule has 0 spiro atoms. The Labute approximate surface area is 115 Å². The van der Waals surface area contributed by atoms with E-state index in [-0.39, 0.29) is 0 Å². The number of aliphatic carboxylic acids is 2. The summed E-state index contributed by atoms with van der Waals surface area (Å²) >= 11 is 0. The van der Waals surface area contributed by atoms with Crippen molar-refractivity contribution in [3.63, 3.8) is 0 Å². The molecule has 0 aromatic rings. The van der Waals surface area contributed by atoms with Crippen molar-refractivity contribution in [3.05, 3.63) is 0 Å². The van der Waals surface area contributed by atoms with E-state index in [0.29, 0.717) is 26.3 Å². The number of amides is 2. The third-order valence-electron chi connectivity index (χ3n) is 2.80. The maximum Gasteiger partial charge on any atom is 0.326 e. The fraction of sp³-hybridized carbons (Fsp3) is 0.727. The van der Waals surface area contributed by atoms with E-state index in [1.54, 1.807) is 0 Å². The van der Waals surface area contributed by atoms with Crippen LogP contribution < -0.4 is 10.6 Å². The molecule has 1 unspecified atom stereocenters. The van der Waals surface area contributed by atoms with E-state index in [4.69, 9.17) is 14.9 Å². The van der Waals surface area contributed by atoms with Crippen LogP contribution in [0.1, 0.15) is 6.42 Å². The molecule has 0 radical (unpaired) electrons. The number of nitrogens with one attached hydrogen (secondary N) is 2. The number of urea groups is 1. The van der Waals surface area contributed by atoms with Crippen molar-refractivity contribution in [1.29, 1.82) is 0 Å². The highest BCUT2D eigenvalue weighted by Crippen LogP contribution is 1.95. The van der Waals surface area contributed by atoms with Gasteiger partial charge in [-0.2, -0.15) is 0 Å². The van der Waals surface area contributed by atoms with Gasteiger partial charge < -0.3 is 25.6 Å². The number of ether oxygens (including phenoxy) is 1. The molecule has 0 aromatic heterocycles. The number of carbonyl (C=O) groups is 3. The predicted octanol–water partition coefficient (Wildman–Crippen LogP) is -1.45. The van der Waals surface area contributed by atoms with Crippen LogP contribution in [-0.2, 0) is 14.3 Å². The summed E-state index contributed by atoms with van der Waals surface area (Å²) in [5.41, 5.74) is 0. The third kappa shape index (κ3) is 6.34. The van der Waals surface area contributed by atoms with Crippen LogP contribution in [0.5, 0.6) is 0 Å². The molecule has 20 heavy (non-hydrogen) atoms. The summed E-state index contributed by atoms with van der Waals surface area (Å²) in [4.78, 5) is 34.8. The van der Waals surface area contributed by atoms with Crippen LogP contribution in [-0.4, -0.2) is 78.5 Å². The van der Waals surface area contributed by atoms with Gasteiger partial charge in [-0.05, 0) is 0 Å². The molecule has 0 aliphatic carbocycles. The van der Waals surface area contributed by atoms with Gasteiger partial charge in [0, 0.05) is 26.2 Å². The van der Waals surface area contributed by atoms with Gasteiger partial charge in [-0.15, -0.1) is 0 Å². The van der Waals surface area contributed by atoms with Gasteiger partial charge in [-0.1, -0.05) is 0 Å². The summed E-state index contributed by atoms with van der Waals surface area (Å²) in [5.74, 6) is -2.67. The second-order valence-corrected chi connectivity index (χ2v) is 4.34. The van der Waals surface area contributed by atoms with Gasteiger partial charge in [-0.25, -0.2) is 9.59 Å². The van der Waals surface area contributed by atoms with Crippen LogP contribution in [0.15, 0.2) is 0 Å². The Hall–Kier alpha value is -1.87. The second-order valence-electron chi connectivity index (χ2n) is 4.34. The van der Waals surface area contributed by atoms with Gasteiger partial charge in [0.1, 0.15) is 6.04 Å². The standard InChI is InChI=1S/C11H19N3O6/c15-9(16)7-8(10(17)18)13-11(19)12-1-2-14-3-5-20-6-4-14/h8H,1-7H2,(H,15,16)(H,17,18)(H2,12,13,19). The topological polar surface area (TPSA) is 128 Å². The van der Waals surface area contributed by atoms with Gasteiger partial charge in [0.15, 0.2) is 0 Å². The smallest absolute Gasteiger partial charge is 0.326 e. The molecule has 1 aliphatic rings. The minimum atomic E-state index is -1.43. The lowest BCUT2D eigenvalue weighted by Gasteiger charge is -2.26. The van der Waals surface area contributed by atoms with E-state index < -0.39 is 30.4 Å². The molecular formula is C11H19N3O6. The lowest BCUT2D eigenvalue weighted by Crippen LogP contribution is -2.49. The molecular weight excluding hydrogens is 270 g/mol. The molecule has 1 heterocycles. The highest BCUT2D eigenvalue weighted by Gasteiger charge is 2.22.